The Labute approximate surface area is 84.8 Å². The molecule has 1 saturated heterocycles. The first-order chi connectivity index (χ1) is 6.74. The maximum atomic E-state index is 5.44. The van der Waals surface area contributed by atoms with E-state index in [1.54, 1.807) is 7.11 Å². The van der Waals surface area contributed by atoms with Crippen molar-refractivity contribution in [3.8, 4) is 5.75 Å². The Morgan fingerprint density at radius 3 is 2.50 bits per heavy atom. The van der Waals surface area contributed by atoms with Gasteiger partial charge in [-0.1, -0.05) is 19.1 Å². The molecule has 2 rings (SSSR count). The van der Waals surface area contributed by atoms with Gasteiger partial charge in [-0.3, -0.25) is 0 Å². The maximum absolute atomic E-state index is 5.44. The fourth-order valence-electron chi connectivity index (χ4n) is 1.89. The minimum atomic E-state index is 0.201. The van der Waals surface area contributed by atoms with Crippen molar-refractivity contribution in [2.24, 2.45) is 0 Å². The molecule has 0 N–H and O–H groups in total. The lowest BCUT2D eigenvalue weighted by Crippen LogP contribution is -2.21. The van der Waals surface area contributed by atoms with Gasteiger partial charge in [-0.15, -0.1) is 0 Å². The van der Waals surface area contributed by atoms with Crippen molar-refractivity contribution < 1.29 is 9.47 Å². The molecule has 0 amide bonds. The third kappa shape index (κ3) is 1.62. The highest BCUT2D eigenvalue weighted by molar-refractivity contribution is 5.32. The van der Waals surface area contributed by atoms with Crippen LogP contribution in [0.25, 0.3) is 0 Å². The van der Waals surface area contributed by atoms with Crippen molar-refractivity contribution in [1.82, 2.24) is 0 Å². The topological polar surface area (TPSA) is 18.5 Å². The van der Waals surface area contributed by atoms with Gasteiger partial charge < -0.3 is 9.47 Å². The minimum absolute atomic E-state index is 0.201. The molecule has 1 unspecified atom stereocenters. The zero-order valence-electron chi connectivity index (χ0n) is 8.75. The lowest BCUT2D eigenvalue weighted by atomic mass is 9.82. The molecule has 0 radical (unpaired) electrons. The van der Waals surface area contributed by atoms with Crippen LogP contribution in [0.5, 0.6) is 5.75 Å². The van der Waals surface area contributed by atoms with Gasteiger partial charge >= 0.3 is 0 Å². The van der Waals surface area contributed by atoms with Crippen LogP contribution in [0.3, 0.4) is 0 Å². The third-order valence-electron chi connectivity index (χ3n) is 3.01. The van der Waals surface area contributed by atoms with E-state index in [2.05, 4.69) is 19.1 Å². The van der Waals surface area contributed by atoms with Crippen molar-refractivity contribution in [2.45, 2.75) is 18.8 Å². The molecule has 1 aromatic carbocycles. The molecule has 14 heavy (non-hydrogen) atoms. The molecule has 1 aliphatic rings. The second kappa shape index (κ2) is 3.62. The Kier molecular flexibility index (Phi) is 2.46. The fraction of sp³-hybridized carbons (Fsp3) is 0.500. The van der Waals surface area contributed by atoms with Crippen LogP contribution >= 0.6 is 0 Å². The van der Waals surface area contributed by atoms with Crippen molar-refractivity contribution in [2.75, 3.05) is 20.3 Å². The summed E-state index contributed by atoms with van der Waals surface area (Å²) in [6, 6.07) is 8.29. The molecule has 1 aliphatic heterocycles. The van der Waals surface area contributed by atoms with E-state index in [1.807, 2.05) is 12.1 Å². The van der Waals surface area contributed by atoms with Gasteiger partial charge in [-0.2, -0.15) is 0 Å². The van der Waals surface area contributed by atoms with E-state index in [9.17, 15) is 0 Å². The summed E-state index contributed by atoms with van der Waals surface area (Å²) in [6.07, 6.45) is 1.11. The molecular formula is C12H16O2. The summed E-state index contributed by atoms with van der Waals surface area (Å²) in [5.41, 5.74) is 1.54. The van der Waals surface area contributed by atoms with Crippen LogP contribution in [-0.4, -0.2) is 20.3 Å². The van der Waals surface area contributed by atoms with Crippen LogP contribution in [0.4, 0.5) is 0 Å². The summed E-state index contributed by atoms with van der Waals surface area (Å²) < 4.78 is 10.6. The number of rotatable bonds is 2. The SMILES string of the molecule is COc1ccc(C2(C)CCOC2)cc1. The molecule has 2 heteroatoms. The predicted octanol–water partition coefficient (Wildman–Crippen LogP) is 2.37. The molecule has 0 aliphatic carbocycles. The van der Waals surface area contributed by atoms with E-state index >= 15 is 0 Å². The van der Waals surface area contributed by atoms with Crippen molar-refractivity contribution in [3.05, 3.63) is 29.8 Å². The summed E-state index contributed by atoms with van der Waals surface area (Å²) in [6.45, 7) is 3.96. The van der Waals surface area contributed by atoms with Crippen molar-refractivity contribution >= 4 is 0 Å². The van der Waals surface area contributed by atoms with E-state index in [0.29, 0.717) is 0 Å². The largest absolute Gasteiger partial charge is 0.497 e. The summed E-state index contributed by atoms with van der Waals surface area (Å²) in [5.74, 6) is 0.913. The molecule has 1 heterocycles. The Balaban J connectivity index is 2.23. The molecule has 1 atom stereocenters. The van der Waals surface area contributed by atoms with E-state index in [-0.39, 0.29) is 5.41 Å². The number of hydrogen-bond donors (Lipinski definition) is 0. The number of benzene rings is 1. The Hall–Kier alpha value is -1.02. The normalized spacial score (nSPS) is 26.4. The first-order valence-electron chi connectivity index (χ1n) is 4.97. The van der Waals surface area contributed by atoms with Crippen LogP contribution in [0.15, 0.2) is 24.3 Å². The zero-order chi connectivity index (χ0) is 10.0. The first-order valence-corrected chi connectivity index (χ1v) is 4.97. The molecular weight excluding hydrogens is 176 g/mol. The lowest BCUT2D eigenvalue weighted by Gasteiger charge is -2.22. The van der Waals surface area contributed by atoms with Gasteiger partial charge in [0, 0.05) is 12.0 Å². The summed E-state index contributed by atoms with van der Waals surface area (Å²) in [7, 11) is 1.69. The second-order valence-electron chi connectivity index (χ2n) is 4.09. The van der Waals surface area contributed by atoms with Crippen LogP contribution in [0, 0.1) is 0 Å². The fourth-order valence-corrected chi connectivity index (χ4v) is 1.89. The Morgan fingerprint density at radius 1 is 1.29 bits per heavy atom. The lowest BCUT2D eigenvalue weighted by molar-refractivity contribution is 0.181. The summed E-state index contributed by atoms with van der Waals surface area (Å²) in [4.78, 5) is 0. The molecule has 0 spiro atoms. The first kappa shape index (κ1) is 9.53. The number of hydrogen-bond acceptors (Lipinski definition) is 2. The van der Waals surface area contributed by atoms with E-state index < -0.39 is 0 Å². The molecule has 0 saturated carbocycles. The third-order valence-corrected chi connectivity index (χ3v) is 3.01. The van der Waals surface area contributed by atoms with Crippen molar-refractivity contribution in [1.29, 1.82) is 0 Å². The molecule has 1 aromatic rings. The van der Waals surface area contributed by atoms with Gasteiger partial charge in [-0.05, 0) is 24.1 Å². The maximum Gasteiger partial charge on any atom is 0.118 e. The Bertz CT molecular complexity index is 297. The van der Waals surface area contributed by atoms with Gasteiger partial charge in [0.15, 0.2) is 0 Å². The monoisotopic (exact) mass is 192 g/mol. The van der Waals surface area contributed by atoms with Gasteiger partial charge in [0.25, 0.3) is 0 Å². The van der Waals surface area contributed by atoms with E-state index in [0.717, 1.165) is 25.4 Å². The molecule has 2 nitrogen and oxygen atoms in total. The highest BCUT2D eigenvalue weighted by Crippen LogP contribution is 2.33. The summed E-state index contributed by atoms with van der Waals surface area (Å²) in [5, 5.41) is 0. The Morgan fingerprint density at radius 2 is 2.00 bits per heavy atom. The zero-order valence-corrected chi connectivity index (χ0v) is 8.75. The van der Waals surface area contributed by atoms with Crippen LogP contribution in [-0.2, 0) is 10.2 Å². The van der Waals surface area contributed by atoms with Gasteiger partial charge in [0.2, 0.25) is 0 Å². The van der Waals surface area contributed by atoms with Gasteiger partial charge in [0.1, 0.15) is 5.75 Å². The molecule has 76 valence electrons. The van der Waals surface area contributed by atoms with Crippen LogP contribution in [0.1, 0.15) is 18.9 Å². The minimum Gasteiger partial charge on any atom is -0.497 e. The average Bonchev–Trinajstić information content (AvgIpc) is 2.67. The van der Waals surface area contributed by atoms with E-state index in [1.165, 1.54) is 5.56 Å². The van der Waals surface area contributed by atoms with Gasteiger partial charge in [0.05, 0.1) is 13.7 Å². The highest BCUT2D eigenvalue weighted by atomic mass is 16.5. The van der Waals surface area contributed by atoms with Crippen molar-refractivity contribution in [3.63, 3.8) is 0 Å². The molecule has 1 fully saturated rings. The number of methoxy groups -OCH3 is 1. The standard InChI is InChI=1S/C12H16O2/c1-12(7-8-14-9-12)10-3-5-11(13-2)6-4-10/h3-6H,7-9H2,1-2H3. The average molecular weight is 192 g/mol. The predicted molar refractivity (Wildman–Crippen MR) is 55.8 cm³/mol. The van der Waals surface area contributed by atoms with Crippen LogP contribution < -0.4 is 4.74 Å². The quantitative estimate of drug-likeness (QED) is 0.716. The summed E-state index contributed by atoms with van der Waals surface area (Å²) >= 11 is 0. The molecule has 0 aromatic heterocycles. The second-order valence-corrected chi connectivity index (χ2v) is 4.09. The van der Waals surface area contributed by atoms with Crippen LogP contribution in [0.2, 0.25) is 0 Å². The van der Waals surface area contributed by atoms with E-state index in [4.69, 9.17) is 9.47 Å². The molecule has 0 bridgehead atoms. The number of ether oxygens (including phenoxy) is 2. The highest BCUT2D eigenvalue weighted by Gasteiger charge is 2.31. The smallest absolute Gasteiger partial charge is 0.118 e. The van der Waals surface area contributed by atoms with Gasteiger partial charge in [-0.25, -0.2) is 0 Å².